The Morgan fingerprint density at radius 1 is 0.478 bits per heavy atom. The number of hydrogen-bond donors (Lipinski definition) is 2. The first-order chi connectivity index (χ1) is 22.5. The van der Waals surface area contributed by atoms with Crippen molar-refractivity contribution in [2.24, 2.45) is 11.5 Å². The van der Waals surface area contributed by atoms with Crippen molar-refractivity contribution >= 4 is 11.9 Å². The fourth-order valence-electron chi connectivity index (χ4n) is 5.64. The molecule has 0 unspecified atom stereocenters. The van der Waals surface area contributed by atoms with Crippen LogP contribution in [0.25, 0.3) is 0 Å². The van der Waals surface area contributed by atoms with E-state index in [4.69, 9.17) is 20.9 Å². The molecule has 0 heterocycles. The topological polar surface area (TPSA) is 105 Å². The first kappa shape index (κ1) is 44.3. The lowest BCUT2D eigenvalue weighted by molar-refractivity contribution is -0.230. The van der Waals surface area contributed by atoms with E-state index in [0.717, 1.165) is 51.4 Å². The molecule has 0 aromatic heterocycles. The van der Waals surface area contributed by atoms with E-state index in [1.807, 2.05) is 0 Å². The van der Waals surface area contributed by atoms with Crippen molar-refractivity contribution in [3.63, 3.8) is 0 Å². The summed E-state index contributed by atoms with van der Waals surface area (Å²) in [7, 11) is 0. The third-order valence-corrected chi connectivity index (χ3v) is 8.59. The standard InChI is InChI=1S/C40H76N2O4/c1-3-5-7-9-11-13-15-17-19-21-23-25-27-29-31-34-38(43)45-40(42,36-33-37-41)46-39(44)35-32-30-28-26-24-22-20-18-16-14-12-10-8-6-4-2/h17-20H,3-16,21-37,41-42H2,1-2H3/b19-17-,20-18-. The van der Waals surface area contributed by atoms with Crippen molar-refractivity contribution in [2.75, 3.05) is 6.54 Å². The maximum Gasteiger partial charge on any atom is 0.315 e. The van der Waals surface area contributed by atoms with Gasteiger partial charge in [0.2, 0.25) is 0 Å². The number of carbonyl (C=O) groups excluding carboxylic acids is 2. The molecular weight excluding hydrogens is 572 g/mol. The van der Waals surface area contributed by atoms with Gasteiger partial charge in [0, 0.05) is 19.3 Å². The van der Waals surface area contributed by atoms with E-state index in [1.165, 1.54) is 116 Å². The predicted octanol–water partition coefficient (Wildman–Crippen LogP) is 11.5. The molecule has 0 bridgehead atoms. The highest BCUT2D eigenvalue weighted by molar-refractivity contribution is 5.71. The number of allylic oxidation sites excluding steroid dienone is 4. The average molecular weight is 649 g/mol. The molecule has 0 radical (unpaired) electrons. The van der Waals surface area contributed by atoms with Crippen LogP contribution in [0.15, 0.2) is 24.3 Å². The molecule has 0 saturated carbocycles. The summed E-state index contributed by atoms with van der Waals surface area (Å²) in [6.07, 6.45) is 41.9. The number of ether oxygens (including phenoxy) is 2. The maximum atomic E-state index is 12.5. The molecule has 6 nitrogen and oxygen atoms in total. The van der Waals surface area contributed by atoms with E-state index in [-0.39, 0.29) is 19.3 Å². The molecule has 4 N–H and O–H groups in total. The number of rotatable bonds is 35. The highest BCUT2D eigenvalue weighted by Crippen LogP contribution is 2.19. The fourth-order valence-corrected chi connectivity index (χ4v) is 5.64. The van der Waals surface area contributed by atoms with Crippen molar-refractivity contribution in [1.82, 2.24) is 0 Å². The van der Waals surface area contributed by atoms with Gasteiger partial charge in [0.15, 0.2) is 0 Å². The van der Waals surface area contributed by atoms with Crippen LogP contribution in [0.3, 0.4) is 0 Å². The smallest absolute Gasteiger partial charge is 0.315 e. The number of nitrogens with two attached hydrogens (primary N) is 2. The quantitative estimate of drug-likeness (QED) is 0.0307. The SMILES string of the molecule is CCCCCCCC/C=C\CCCCCCCC(=O)OC(N)(CCCN)OC(=O)CCCCCCC/C=C\CCCCCCCC. The first-order valence-electron chi connectivity index (χ1n) is 19.7. The van der Waals surface area contributed by atoms with Crippen molar-refractivity contribution in [1.29, 1.82) is 0 Å². The van der Waals surface area contributed by atoms with Gasteiger partial charge in [-0.2, -0.15) is 0 Å². The van der Waals surface area contributed by atoms with Gasteiger partial charge in [0.1, 0.15) is 0 Å². The molecule has 0 atom stereocenters. The third kappa shape index (κ3) is 32.3. The van der Waals surface area contributed by atoms with Crippen LogP contribution in [0.4, 0.5) is 0 Å². The van der Waals surface area contributed by atoms with E-state index in [2.05, 4.69) is 38.2 Å². The van der Waals surface area contributed by atoms with Gasteiger partial charge in [0.05, 0.1) is 0 Å². The van der Waals surface area contributed by atoms with Gasteiger partial charge in [0.25, 0.3) is 0 Å². The molecule has 0 aromatic rings. The summed E-state index contributed by atoms with van der Waals surface area (Å²) in [6.45, 7) is 4.90. The predicted molar refractivity (Wildman–Crippen MR) is 196 cm³/mol. The van der Waals surface area contributed by atoms with Gasteiger partial charge >= 0.3 is 17.8 Å². The summed E-state index contributed by atoms with van der Waals surface area (Å²) in [6, 6.07) is 0. The summed E-state index contributed by atoms with van der Waals surface area (Å²) in [5.41, 5.74) is 11.9. The minimum atomic E-state index is -1.72. The zero-order valence-electron chi connectivity index (χ0n) is 30.5. The third-order valence-electron chi connectivity index (χ3n) is 8.59. The van der Waals surface area contributed by atoms with E-state index in [9.17, 15) is 9.59 Å². The summed E-state index contributed by atoms with van der Waals surface area (Å²) in [5, 5.41) is 0. The molecule has 0 saturated heterocycles. The van der Waals surface area contributed by atoms with Crippen LogP contribution in [-0.2, 0) is 19.1 Å². The molecule has 0 spiro atoms. The zero-order chi connectivity index (χ0) is 33.8. The lowest BCUT2D eigenvalue weighted by Gasteiger charge is -2.28. The molecule has 6 heteroatoms. The second kappa shape index (κ2) is 34.7. The lowest BCUT2D eigenvalue weighted by Crippen LogP contribution is -2.49. The Morgan fingerprint density at radius 2 is 0.783 bits per heavy atom. The molecule has 0 amide bonds. The Labute approximate surface area is 285 Å². The van der Waals surface area contributed by atoms with Crippen LogP contribution in [0.5, 0.6) is 0 Å². The Morgan fingerprint density at radius 3 is 1.11 bits per heavy atom. The number of carbonyl (C=O) groups is 2. The largest absolute Gasteiger partial charge is 0.409 e. The Bertz CT molecular complexity index is 683. The number of esters is 2. The highest BCUT2D eigenvalue weighted by atomic mass is 16.7. The maximum absolute atomic E-state index is 12.5. The van der Waals surface area contributed by atoms with Gasteiger partial charge in [-0.15, -0.1) is 0 Å². The van der Waals surface area contributed by atoms with Crippen molar-refractivity contribution in [3.05, 3.63) is 24.3 Å². The van der Waals surface area contributed by atoms with Crippen molar-refractivity contribution in [2.45, 2.75) is 212 Å². The van der Waals surface area contributed by atoms with Gasteiger partial charge < -0.3 is 15.2 Å². The molecule has 270 valence electrons. The van der Waals surface area contributed by atoms with Crippen LogP contribution in [0.1, 0.15) is 206 Å². The number of hydrogen-bond acceptors (Lipinski definition) is 6. The summed E-state index contributed by atoms with van der Waals surface area (Å²) >= 11 is 0. The molecule has 0 fully saturated rings. The van der Waals surface area contributed by atoms with Gasteiger partial charge in [-0.3, -0.25) is 15.3 Å². The number of unbranched alkanes of at least 4 members (excludes halogenated alkanes) is 22. The molecule has 0 rings (SSSR count). The Balaban J connectivity index is 3.93. The minimum Gasteiger partial charge on any atom is -0.409 e. The van der Waals surface area contributed by atoms with Gasteiger partial charge in [-0.25, -0.2) is 0 Å². The van der Waals surface area contributed by atoms with Crippen LogP contribution < -0.4 is 11.5 Å². The Kier molecular flexibility index (Phi) is 33.4. The Hall–Kier alpha value is -1.66. The molecule has 0 aliphatic rings. The first-order valence-corrected chi connectivity index (χ1v) is 19.7. The molecule has 0 aliphatic carbocycles. The van der Waals surface area contributed by atoms with Crippen LogP contribution in [0.2, 0.25) is 0 Å². The molecule has 0 aromatic carbocycles. The summed E-state index contributed by atoms with van der Waals surface area (Å²) in [5.74, 6) is -2.55. The van der Waals surface area contributed by atoms with Crippen molar-refractivity contribution in [3.8, 4) is 0 Å². The summed E-state index contributed by atoms with van der Waals surface area (Å²) < 4.78 is 11.0. The van der Waals surface area contributed by atoms with Gasteiger partial charge in [-0.05, 0) is 77.2 Å². The molecule has 0 aliphatic heterocycles. The van der Waals surface area contributed by atoms with Crippen LogP contribution in [0, 0.1) is 0 Å². The van der Waals surface area contributed by atoms with E-state index < -0.39 is 17.8 Å². The average Bonchev–Trinajstić information content (AvgIpc) is 3.03. The van der Waals surface area contributed by atoms with Gasteiger partial charge in [-0.1, -0.05) is 141 Å². The molecule has 46 heavy (non-hydrogen) atoms. The lowest BCUT2D eigenvalue weighted by atomic mass is 10.1. The monoisotopic (exact) mass is 649 g/mol. The van der Waals surface area contributed by atoms with E-state index >= 15 is 0 Å². The van der Waals surface area contributed by atoms with E-state index in [1.54, 1.807) is 0 Å². The highest BCUT2D eigenvalue weighted by Gasteiger charge is 2.33. The fraction of sp³-hybridized carbons (Fsp3) is 0.850. The minimum absolute atomic E-state index is 0.208. The second-order valence-electron chi connectivity index (χ2n) is 13.3. The normalized spacial score (nSPS) is 12.0. The second-order valence-corrected chi connectivity index (χ2v) is 13.3. The molecular formula is C40H76N2O4. The van der Waals surface area contributed by atoms with Crippen LogP contribution >= 0.6 is 0 Å². The summed E-state index contributed by atoms with van der Waals surface area (Å²) in [4.78, 5) is 25.0. The van der Waals surface area contributed by atoms with Crippen molar-refractivity contribution < 1.29 is 19.1 Å². The van der Waals surface area contributed by atoms with Crippen LogP contribution in [-0.4, -0.2) is 24.4 Å². The zero-order valence-corrected chi connectivity index (χ0v) is 30.5. The van der Waals surface area contributed by atoms with E-state index in [0.29, 0.717) is 13.0 Å².